The van der Waals surface area contributed by atoms with Crippen LogP contribution in [0.3, 0.4) is 0 Å². The Labute approximate surface area is 216 Å². The van der Waals surface area contributed by atoms with Crippen LogP contribution in [0.5, 0.6) is 0 Å². The van der Waals surface area contributed by atoms with Crippen LogP contribution < -0.4 is 11.0 Å². The van der Waals surface area contributed by atoms with Crippen LogP contribution in [0.15, 0.2) is 47.3 Å². The standard InChI is InChI=1S/C29H36N4O4/c1-19-5-4-6-21(13-19)27(35)30-16-24(34)14-20-17-33(18-20)23-9-11-29(37,12-10-23)22-7-8-25-26(15-22)32(3)28(36)31(25)2/h4-8,13,15,20,23,37H,9-12,14,16-18H2,1-3H3,(H,30,35). The number of Topliss-reactive ketones (excluding diaryl/α,β-unsaturated/α-hetero) is 1. The van der Waals surface area contributed by atoms with Gasteiger partial charge < -0.3 is 10.4 Å². The molecule has 1 aliphatic heterocycles. The molecule has 1 amide bonds. The second-order valence-electron chi connectivity index (χ2n) is 11.0. The summed E-state index contributed by atoms with van der Waals surface area (Å²) in [5, 5.41) is 14.2. The van der Waals surface area contributed by atoms with Gasteiger partial charge in [0.25, 0.3) is 5.91 Å². The summed E-state index contributed by atoms with van der Waals surface area (Å²) in [5.41, 5.74) is 3.22. The van der Waals surface area contributed by atoms with Crippen molar-refractivity contribution >= 4 is 22.7 Å². The molecular formula is C29H36N4O4. The molecule has 0 unspecified atom stereocenters. The molecule has 8 heteroatoms. The van der Waals surface area contributed by atoms with Gasteiger partial charge in [0.15, 0.2) is 5.78 Å². The van der Waals surface area contributed by atoms with E-state index in [1.165, 1.54) is 0 Å². The topological polar surface area (TPSA) is 96.6 Å². The number of hydrogen-bond donors (Lipinski definition) is 2. The van der Waals surface area contributed by atoms with Crippen molar-refractivity contribution in [2.45, 2.75) is 50.7 Å². The molecule has 1 saturated heterocycles. The lowest BCUT2D eigenvalue weighted by Gasteiger charge is -2.48. The SMILES string of the molecule is Cc1cccc(C(=O)NCC(=O)CC2CN(C3CCC(O)(c4ccc5c(c4)n(C)c(=O)n5C)CC3)C2)c1. The van der Waals surface area contributed by atoms with Gasteiger partial charge in [0, 0.05) is 45.2 Å². The Morgan fingerprint density at radius 3 is 2.43 bits per heavy atom. The number of imidazole rings is 1. The number of likely N-dealkylation sites (tertiary alicyclic amines) is 1. The lowest BCUT2D eigenvalue weighted by Crippen LogP contribution is -2.54. The molecular weight excluding hydrogens is 468 g/mol. The lowest BCUT2D eigenvalue weighted by molar-refractivity contribution is -0.121. The van der Waals surface area contributed by atoms with Crippen molar-refractivity contribution < 1.29 is 14.7 Å². The van der Waals surface area contributed by atoms with E-state index in [0.717, 1.165) is 48.1 Å². The molecule has 2 fully saturated rings. The molecule has 2 heterocycles. The van der Waals surface area contributed by atoms with E-state index in [0.29, 0.717) is 36.8 Å². The van der Waals surface area contributed by atoms with Crippen LogP contribution in [0, 0.1) is 12.8 Å². The van der Waals surface area contributed by atoms with E-state index in [9.17, 15) is 19.5 Å². The maximum absolute atomic E-state index is 12.4. The van der Waals surface area contributed by atoms with Crippen LogP contribution in [0.25, 0.3) is 11.0 Å². The van der Waals surface area contributed by atoms with Crippen molar-refractivity contribution in [3.05, 3.63) is 69.6 Å². The Balaban J connectivity index is 1.08. The monoisotopic (exact) mass is 504 g/mol. The highest BCUT2D eigenvalue weighted by Gasteiger charge is 2.40. The van der Waals surface area contributed by atoms with Gasteiger partial charge in [0.2, 0.25) is 0 Å². The number of fused-ring (bicyclic) bond motifs is 1. The van der Waals surface area contributed by atoms with E-state index in [1.807, 2.05) is 43.3 Å². The van der Waals surface area contributed by atoms with E-state index < -0.39 is 5.60 Å². The lowest BCUT2D eigenvalue weighted by atomic mass is 9.76. The molecule has 1 aromatic heterocycles. The molecule has 196 valence electrons. The highest BCUT2D eigenvalue weighted by molar-refractivity contribution is 5.96. The number of carbonyl (C=O) groups excluding carboxylic acids is 2. The maximum atomic E-state index is 12.4. The molecule has 2 aliphatic rings. The Kier molecular flexibility index (Phi) is 6.81. The Morgan fingerprint density at radius 1 is 1.03 bits per heavy atom. The zero-order valence-electron chi connectivity index (χ0n) is 21.9. The molecule has 1 saturated carbocycles. The molecule has 1 aliphatic carbocycles. The van der Waals surface area contributed by atoms with Gasteiger partial charge in [0.1, 0.15) is 0 Å². The van der Waals surface area contributed by atoms with Crippen molar-refractivity contribution in [2.75, 3.05) is 19.6 Å². The first-order valence-corrected chi connectivity index (χ1v) is 13.1. The van der Waals surface area contributed by atoms with Gasteiger partial charge in [0.05, 0.1) is 23.2 Å². The number of ketones is 1. The van der Waals surface area contributed by atoms with Gasteiger partial charge in [-0.25, -0.2) is 4.79 Å². The summed E-state index contributed by atoms with van der Waals surface area (Å²) in [7, 11) is 3.53. The van der Waals surface area contributed by atoms with Crippen LogP contribution >= 0.6 is 0 Å². The number of amides is 1. The highest BCUT2D eigenvalue weighted by atomic mass is 16.3. The van der Waals surface area contributed by atoms with Gasteiger partial charge >= 0.3 is 5.69 Å². The number of nitrogens with one attached hydrogen (secondary N) is 1. The van der Waals surface area contributed by atoms with E-state index >= 15 is 0 Å². The summed E-state index contributed by atoms with van der Waals surface area (Å²) in [6, 6.07) is 13.6. The number of benzene rings is 2. The number of aromatic nitrogens is 2. The van der Waals surface area contributed by atoms with Crippen molar-refractivity contribution in [2.24, 2.45) is 20.0 Å². The average Bonchev–Trinajstić information content (AvgIpc) is 3.08. The van der Waals surface area contributed by atoms with Crippen LogP contribution in [0.2, 0.25) is 0 Å². The third kappa shape index (κ3) is 5.00. The molecule has 8 nitrogen and oxygen atoms in total. The van der Waals surface area contributed by atoms with Gasteiger partial charge in [-0.2, -0.15) is 0 Å². The first-order chi connectivity index (χ1) is 17.6. The van der Waals surface area contributed by atoms with Gasteiger partial charge in [-0.05, 0) is 68.4 Å². The van der Waals surface area contributed by atoms with Gasteiger partial charge in [-0.1, -0.05) is 23.8 Å². The van der Waals surface area contributed by atoms with Crippen LogP contribution in [-0.4, -0.2) is 56.5 Å². The molecule has 5 rings (SSSR count). The normalized spacial score (nSPS) is 22.6. The number of carbonyl (C=O) groups is 2. The molecule has 2 N–H and O–H groups in total. The van der Waals surface area contributed by atoms with Crippen molar-refractivity contribution in [3.63, 3.8) is 0 Å². The van der Waals surface area contributed by atoms with E-state index in [4.69, 9.17) is 0 Å². The fraction of sp³-hybridized carbons (Fsp3) is 0.483. The number of rotatable bonds is 7. The molecule has 0 spiro atoms. The molecule has 3 aromatic rings. The van der Waals surface area contributed by atoms with E-state index in [-0.39, 0.29) is 23.9 Å². The van der Waals surface area contributed by atoms with Crippen LogP contribution in [0.4, 0.5) is 0 Å². The second kappa shape index (κ2) is 9.91. The Hall–Kier alpha value is -3.23. The smallest absolute Gasteiger partial charge is 0.328 e. The summed E-state index contributed by atoms with van der Waals surface area (Å²) in [6.45, 7) is 3.78. The predicted octanol–water partition coefficient (Wildman–Crippen LogP) is 2.64. The summed E-state index contributed by atoms with van der Waals surface area (Å²) in [4.78, 5) is 39.4. The van der Waals surface area contributed by atoms with Crippen LogP contribution in [-0.2, 0) is 24.5 Å². The number of hydrogen-bond acceptors (Lipinski definition) is 5. The third-order valence-electron chi connectivity index (χ3n) is 8.34. The average molecular weight is 505 g/mol. The quantitative estimate of drug-likeness (QED) is 0.516. The zero-order chi connectivity index (χ0) is 26.3. The number of aliphatic hydroxyl groups is 1. The first kappa shape index (κ1) is 25.4. The largest absolute Gasteiger partial charge is 0.385 e. The maximum Gasteiger partial charge on any atom is 0.328 e. The summed E-state index contributed by atoms with van der Waals surface area (Å²) in [5.74, 6) is 0.177. The van der Waals surface area contributed by atoms with Gasteiger partial charge in [-0.3, -0.25) is 23.6 Å². The summed E-state index contributed by atoms with van der Waals surface area (Å²) < 4.78 is 3.26. The Morgan fingerprint density at radius 2 is 1.73 bits per heavy atom. The molecule has 2 aromatic carbocycles. The fourth-order valence-electron chi connectivity index (χ4n) is 6.03. The van der Waals surface area contributed by atoms with Crippen molar-refractivity contribution in [3.8, 4) is 0 Å². The Bertz CT molecular complexity index is 1390. The molecule has 0 bridgehead atoms. The van der Waals surface area contributed by atoms with Crippen molar-refractivity contribution in [1.82, 2.24) is 19.4 Å². The number of aryl methyl sites for hydroxylation is 3. The number of nitrogens with zero attached hydrogens (tertiary/aromatic N) is 3. The highest BCUT2D eigenvalue weighted by Crippen LogP contribution is 2.41. The van der Waals surface area contributed by atoms with Crippen LogP contribution in [0.1, 0.15) is 53.6 Å². The first-order valence-electron chi connectivity index (χ1n) is 13.1. The zero-order valence-corrected chi connectivity index (χ0v) is 21.9. The van der Waals surface area contributed by atoms with E-state index in [2.05, 4.69) is 10.2 Å². The van der Waals surface area contributed by atoms with E-state index in [1.54, 1.807) is 29.3 Å². The minimum absolute atomic E-state index is 0.0642. The third-order valence-corrected chi connectivity index (χ3v) is 8.34. The summed E-state index contributed by atoms with van der Waals surface area (Å²) in [6.07, 6.45) is 3.63. The second-order valence-corrected chi connectivity index (χ2v) is 11.0. The minimum Gasteiger partial charge on any atom is -0.385 e. The molecule has 37 heavy (non-hydrogen) atoms. The minimum atomic E-state index is -0.883. The van der Waals surface area contributed by atoms with Crippen molar-refractivity contribution in [1.29, 1.82) is 0 Å². The fourth-order valence-corrected chi connectivity index (χ4v) is 6.03. The van der Waals surface area contributed by atoms with Gasteiger partial charge in [-0.15, -0.1) is 0 Å². The predicted molar refractivity (Wildman–Crippen MR) is 143 cm³/mol. The molecule has 0 atom stereocenters. The molecule has 0 radical (unpaired) electrons. The summed E-state index contributed by atoms with van der Waals surface area (Å²) >= 11 is 0.